The van der Waals surface area contributed by atoms with E-state index in [9.17, 15) is 4.79 Å². The molecule has 0 aliphatic heterocycles. The van der Waals surface area contributed by atoms with Crippen molar-refractivity contribution in [1.82, 2.24) is 4.57 Å². The van der Waals surface area contributed by atoms with Gasteiger partial charge in [0.2, 0.25) is 0 Å². The molecule has 0 saturated heterocycles. The summed E-state index contributed by atoms with van der Waals surface area (Å²) in [4.78, 5) is 11.5. The van der Waals surface area contributed by atoms with Crippen molar-refractivity contribution in [3.05, 3.63) is 23.5 Å². The Kier molecular flexibility index (Phi) is 3.87. The van der Waals surface area contributed by atoms with E-state index in [1.165, 1.54) is 44.9 Å². The maximum absolute atomic E-state index is 11.5. The molecular formula is C14H21NO2. The van der Waals surface area contributed by atoms with Gasteiger partial charge in [0, 0.05) is 12.7 Å². The summed E-state index contributed by atoms with van der Waals surface area (Å²) in [6, 6.07) is 3.92. The minimum absolute atomic E-state index is 0.248. The summed E-state index contributed by atoms with van der Waals surface area (Å²) >= 11 is 0. The molecule has 1 aliphatic rings. The SMILES string of the molecule is COC(=O)c1ccc(CC2CCCCC2)n1C. The van der Waals surface area contributed by atoms with E-state index in [1.807, 2.05) is 17.7 Å². The normalized spacial score (nSPS) is 17.1. The highest BCUT2D eigenvalue weighted by atomic mass is 16.5. The van der Waals surface area contributed by atoms with Crippen LogP contribution >= 0.6 is 0 Å². The van der Waals surface area contributed by atoms with E-state index < -0.39 is 0 Å². The lowest BCUT2D eigenvalue weighted by Gasteiger charge is -2.21. The van der Waals surface area contributed by atoms with Crippen LogP contribution in [0.4, 0.5) is 0 Å². The standard InChI is InChI=1S/C14H21NO2/c1-15-12(8-9-13(15)14(16)17-2)10-11-6-4-3-5-7-11/h8-9,11H,3-7,10H2,1-2H3. The van der Waals surface area contributed by atoms with Gasteiger partial charge in [-0.15, -0.1) is 0 Å². The Morgan fingerprint density at radius 3 is 2.71 bits per heavy atom. The zero-order chi connectivity index (χ0) is 12.3. The van der Waals surface area contributed by atoms with E-state index in [0.29, 0.717) is 5.69 Å². The molecule has 3 nitrogen and oxygen atoms in total. The number of nitrogens with zero attached hydrogens (tertiary/aromatic N) is 1. The smallest absolute Gasteiger partial charge is 0.354 e. The van der Waals surface area contributed by atoms with Gasteiger partial charge in [-0.05, 0) is 24.5 Å². The number of esters is 1. The quantitative estimate of drug-likeness (QED) is 0.754. The van der Waals surface area contributed by atoms with Crippen LogP contribution in [0.2, 0.25) is 0 Å². The topological polar surface area (TPSA) is 31.2 Å². The molecule has 3 heteroatoms. The van der Waals surface area contributed by atoms with Gasteiger partial charge in [0.1, 0.15) is 5.69 Å². The van der Waals surface area contributed by atoms with Crippen molar-refractivity contribution in [2.75, 3.05) is 7.11 Å². The molecule has 1 aromatic heterocycles. The number of rotatable bonds is 3. The summed E-state index contributed by atoms with van der Waals surface area (Å²) in [6.07, 6.45) is 7.86. The molecule has 0 amide bonds. The van der Waals surface area contributed by atoms with Crippen molar-refractivity contribution in [3.63, 3.8) is 0 Å². The number of hydrogen-bond donors (Lipinski definition) is 0. The molecule has 1 aliphatic carbocycles. The lowest BCUT2D eigenvalue weighted by atomic mass is 9.86. The first-order valence-electron chi connectivity index (χ1n) is 6.45. The Balaban J connectivity index is 2.06. The van der Waals surface area contributed by atoms with Gasteiger partial charge in [0.25, 0.3) is 0 Å². The molecular weight excluding hydrogens is 214 g/mol. The zero-order valence-electron chi connectivity index (χ0n) is 10.7. The van der Waals surface area contributed by atoms with Crippen LogP contribution in [0.3, 0.4) is 0 Å². The van der Waals surface area contributed by atoms with Crippen LogP contribution in [0, 0.1) is 5.92 Å². The molecule has 0 radical (unpaired) electrons. The molecule has 1 saturated carbocycles. The van der Waals surface area contributed by atoms with Crippen molar-refractivity contribution >= 4 is 5.97 Å². The second-order valence-electron chi connectivity index (χ2n) is 4.97. The number of hydrogen-bond acceptors (Lipinski definition) is 2. The van der Waals surface area contributed by atoms with Crippen LogP contribution in [0.1, 0.15) is 48.3 Å². The van der Waals surface area contributed by atoms with Gasteiger partial charge in [-0.2, -0.15) is 0 Å². The van der Waals surface area contributed by atoms with Crippen LogP contribution in [0.25, 0.3) is 0 Å². The van der Waals surface area contributed by atoms with Crippen LogP contribution < -0.4 is 0 Å². The minimum atomic E-state index is -0.248. The molecule has 0 N–H and O–H groups in total. The third-order valence-electron chi connectivity index (χ3n) is 3.84. The fourth-order valence-corrected chi connectivity index (χ4v) is 2.75. The average Bonchev–Trinajstić information content (AvgIpc) is 2.72. The Labute approximate surface area is 103 Å². The molecule has 2 rings (SSSR count). The first kappa shape index (κ1) is 12.2. The third-order valence-corrected chi connectivity index (χ3v) is 3.84. The first-order valence-corrected chi connectivity index (χ1v) is 6.45. The summed E-state index contributed by atoms with van der Waals surface area (Å²) in [5, 5.41) is 0. The number of methoxy groups -OCH3 is 1. The van der Waals surface area contributed by atoms with Crippen molar-refractivity contribution in [3.8, 4) is 0 Å². The van der Waals surface area contributed by atoms with Gasteiger partial charge >= 0.3 is 5.97 Å². The molecule has 0 spiro atoms. The lowest BCUT2D eigenvalue weighted by Crippen LogP contribution is -2.14. The predicted molar refractivity (Wildman–Crippen MR) is 67.0 cm³/mol. The summed E-state index contributed by atoms with van der Waals surface area (Å²) in [5.74, 6) is 0.547. The molecule has 0 unspecified atom stereocenters. The van der Waals surface area contributed by atoms with Crippen LogP contribution in [-0.2, 0) is 18.2 Å². The predicted octanol–water partition coefficient (Wildman–Crippen LogP) is 2.93. The Morgan fingerprint density at radius 2 is 2.06 bits per heavy atom. The second-order valence-corrected chi connectivity index (χ2v) is 4.97. The third kappa shape index (κ3) is 2.71. The van der Waals surface area contributed by atoms with Gasteiger partial charge in [-0.25, -0.2) is 4.79 Å². The van der Waals surface area contributed by atoms with Gasteiger partial charge in [-0.1, -0.05) is 32.1 Å². The van der Waals surface area contributed by atoms with E-state index in [-0.39, 0.29) is 5.97 Å². The van der Waals surface area contributed by atoms with Crippen LogP contribution in [0.5, 0.6) is 0 Å². The number of carbonyl (C=O) groups excluding carboxylic acids is 1. The summed E-state index contributed by atoms with van der Waals surface area (Å²) in [6.45, 7) is 0. The Bertz CT molecular complexity index is 389. The first-order chi connectivity index (χ1) is 8.22. The molecule has 1 fully saturated rings. The van der Waals surface area contributed by atoms with Gasteiger partial charge < -0.3 is 9.30 Å². The van der Waals surface area contributed by atoms with E-state index in [2.05, 4.69) is 6.07 Å². The van der Waals surface area contributed by atoms with Crippen molar-refractivity contribution in [2.45, 2.75) is 38.5 Å². The second kappa shape index (κ2) is 5.39. The number of aromatic nitrogens is 1. The van der Waals surface area contributed by atoms with Crippen LogP contribution in [-0.4, -0.2) is 17.6 Å². The molecule has 94 valence electrons. The molecule has 1 aromatic rings. The molecule has 17 heavy (non-hydrogen) atoms. The molecule has 0 aromatic carbocycles. The Morgan fingerprint density at radius 1 is 1.35 bits per heavy atom. The summed E-state index contributed by atoms with van der Waals surface area (Å²) in [5.41, 5.74) is 1.90. The molecule has 1 heterocycles. The van der Waals surface area contributed by atoms with E-state index in [1.54, 1.807) is 0 Å². The summed E-state index contributed by atoms with van der Waals surface area (Å²) in [7, 11) is 3.38. The van der Waals surface area contributed by atoms with E-state index in [0.717, 1.165) is 12.3 Å². The van der Waals surface area contributed by atoms with Crippen molar-refractivity contribution < 1.29 is 9.53 Å². The highest BCUT2D eigenvalue weighted by Crippen LogP contribution is 2.27. The van der Waals surface area contributed by atoms with Crippen molar-refractivity contribution in [2.24, 2.45) is 13.0 Å². The van der Waals surface area contributed by atoms with E-state index >= 15 is 0 Å². The van der Waals surface area contributed by atoms with Crippen molar-refractivity contribution in [1.29, 1.82) is 0 Å². The minimum Gasteiger partial charge on any atom is -0.464 e. The molecule has 0 atom stereocenters. The Hall–Kier alpha value is -1.25. The molecule has 0 bridgehead atoms. The number of ether oxygens (including phenoxy) is 1. The van der Waals surface area contributed by atoms with Gasteiger partial charge in [0.05, 0.1) is 7.11 Å². The largest absolute Gasteiger partial charge is 0.464 e. The highest BCUT2D eigenvalue weighted by Gasteiger charge is 2.18. The summed E-state index contributed by atoms with van der Waals surface area (Å²) < 4.78 is 6.73. The highest BCUT2D eigenvalue weighted by molar-refractivity contribution is 5.87. The van der Waals surface area contributed by atoms with Gasteiger partial charge in [0.15, 0.2) is 0 Å². The van der Waals surface area contributed by atoms with Gasteiger partial charge in [-0.3, -0.25) is 0 Å². The lowest BCUT2D eigenvalue weighted by molar-refractivity contribution is 0.0589. The fourth-order valence-electron chi connectivity index (χ4n) is 2.75. The van der Waals surface area contributed by atoms with E-state index in [4.69, 9.17) is 4.74 Å². The fraction of sp³-hybridized carbons (Fsp3) is 0.643. The maximum atomic E-state index is 11.5. The zero-order valence-corrected chi connectivity index (χ0v) is 10.7. The monoisotopic (exact) mass is 235 g/mol. The van der Waals surface area contributed by atoms with Crippen LogP contribution in [0.15, 0.2) is 12.1 Å². The average molecular weight is 235 g/mol. The number of carbonyl (C=O) groups is 1. The maximum Gasteiger partial charge on any atom is 0.354 e.